The van der Waals surface area contributed by atoms with Crippen molar-refractivity contribution in [2.24, 2.45) is 11.1 Å². The maximum atomic E-state index is 12.3. The number of rotatable bonds is 4. The second-order valence-electron chi connectivity index (χ2n) is 5.50. The highest BCUT2D eigenvalue weighted by molar-refractivity contribution is 7.89. The van der Waals surface area contributed by atoms with Crippen LogP contribution in [0, 0.1) is 5.92 Å². The SMILES string of the molecule is COc1ccc(S(N)(=O)=O)cc1C(=O)NC1CCC(C)C1. The van der Waals surface area contributed by atoms with E-state index in [-0.39, 0.29) is 22.4 Å². The van der Waals surface area contributed by atoms with Gasteiger partial charge < -0.3 is 10.1 Å². The Morgan fingerprint density at radius 2 is 2.10 bits per heavy atom. The molecule has 0 aliphatic heterocycles. The summed E-state index contributed by atoms with van der Waals surface area (Å²) in [5.41, 5.74) is 0.184. The van der Waals surface area contributed by atoms with Crippen molar-refractivity contribution >= 4 is 15.9 Å². The molecule has 1 aromatic rings. The molecule has 1 aromatic carbocycles. The van der Waals surface area contributed by atoms with Crippen molar-refractivity contribution in [3.8, 4) is 5.75 Å². The fourth-order valence-electron chi connectivity index (χ4n) is 2.64. The minimum Gasteiger partial charge on any atom is -0.496 e. The molecule has 7 heteroatoms. The zero-order valence-corrected chi connectivity index (χ0v) is 12.9. The van der Waals surface area contributed by atoms with Gasteiger partial charge in [-0.2, -0.15) is 0 Å². The third-order valence-corrected chi connectivity index (χ3v) is 4.69. The minimum absolute atomic E-state index is 0.103. The van der Waals surface area contributed by atoms with Gasteiger partial charge in [-0.05, 0) is 43.4 Å². The molecule has 0 aromatic heterocycles. The molecule has 1 aliphatic carbocycles. The molecular weight excluding hydrogens is 292 g/mol. The molecule has 6 nitrogen and oxygen atoms in total. The smallest absolute Gasteiger partial charge is 0.255 e. The van der Waals surface area contributed by atoms with Crippen molar-refractivity contribution in [2.75, 3.05) is 7.11 Å². The van der Waals surface area contributed by atoms with E-state index in [0.29, 0.717) is 11.7 Å². The zero-order valence-electron chi connectivity index (χ0n) is 12.1. The second kappa shape index (κ2) is 6.03. The van der Waals surface area contributed by atoms with Crippen LogP contribution in [-0.4, -0.2) is 27.5 Å². The van der Waals surface area contributed by atoms with Crippen molar-refractivity contribution in [3.05, 3.63) is 23.8 Å². The minimum atomic E-state index is -3.86. The molecule has 0 heterocycles. The van der Waals surface area contributed by atoms with E-state index in [1.807, 2.05) is 0 Å². The molecule has 21 heavy (non-hydrogen) atoms. The summed E-state index contributed by atoms with van der Waals surface area (Å²) in [4.78, 5) is 12.2. The lowest BCUT2D eigenvalue weighted by Gasteiger charge is -2.15. The average Bonchev–Trinajstić information content (AvgIpc) is 2.82. The Hall–Kier alpha value is -1.60. The number of benzene rings is 1. The molecule has 1 amide bonds. The molecule has 0 bridgehead atoms. The van der Waals surface area contributed by atoms with Crippen LogP contribution in [0.15, 0.2) is 23.1 Å². The Balaban J connectivity index is 2.26. The molecule has 1 fully saturated rings. The summed E-state index contributed by atoms with van der Waals surface area (Å²) >= 11 is 0. The average molecular weight is 312 g/mol. The van der Waals surface area contributed by atoms with Gasteiger partial charge >= 0.3 is 0 Å². The first-order valence-electron chi connectivity index (χ1n) is 6.83. The van der Waals surface area contributed by atoms with Crippen LogP contribution in [0.4, 0.5) is 0 Å². The van der Waals surface area contributed by atoms with E-state index in [9.17, 15) is 13.2 Å². The number of carbonyl (C=O) groups is 1. The fourth-order valence-corrected chi connectivity index (χ4v) is 3.18. The normalized spacial score (nSPS) is 22.0. The third-order valence-electron chi connectivity index (χ3n) is 3.77. The van der Waals surface area contributed by atoms with Crippen LogP contribution < -0.4 is 15.2 Å². The fraction of sp³-hybridized carbons (Fsp3) is 0.500. The van der Waals surface area contributed by atoms with Crippen molar-refractivity contribution < 1.29 is 17.9 Å². The number of methoxy groups -OCH3 is 1. The van der Waals surface area contributed by atoms with Gasteiger partial charge in [0.2, 0.25) is 10.0 Å². The monoisotopic (exact) mass is 312 g/mol. The molecule has 2 atom stereocenters. The van der Waals surface area contributed by atoms with Gasteiger partial charge in [-0.25, -0.2) is 13.6 Å². The van der Waals surface area contributed by atoms with Gasteiger partial charge in [0.1, 0.15) is 5.75 Å². The zero-order chi connectivity index (χ0) is 15.6. The quantitative estimate of drug-likeness (QED) is 0.874. The standard InChI is InChI=1S/C14H20N2O4S/c1-9-3-4-10(7-9)16-14(17)12-8-11(21(15,18)19)5-6-13(12)20-2/h5-6,8-10H,3-4,7H2,1-2H3,(H,16,17)(H2,15,18,19). The lowest BCUT2D eigenvalue weighted by molar-refractivity contribution is 0.0934. The van der Waals surface area contributed by atoms with Crippen LogP contribution in [0.5, 0.6) is 5.75 Å². The van der Waals surface area contributed by atoms with Crippen LogP contribution in [0.2, 0.25) is 0 Å². The lowest BCUT2D eigenvalue weighted by Crippen LogP contribution is -2.33. The summed E-state index contributed by atoms with van der Waals surface area (Å²) in [5.74, 6) is 0.579. The molecule has 0 saturated heterocycles. The molecule has 0 radical (unpaired) electrons. The van der Waals surface area contributed by atoms with Crippen molar-refractivity contribution in [2.45, 2.75) is 37.1 Å². The Labute approximate surface area is 124 Å². The first kappa shape index (κ1) is 15.8. The molecule has 1 saturated carbocycles. The Morgan fingerprint density at radius 3 is 2.62 bits per heavy atom. The highest BCUT2D eigenvalue weighted by Gasteiger charge is 2.25. The molecule has 1 aliphatic rings. The maximum Gasteiger partial charge on any atom is 0.255 e. The number of primary sulfonamides is 1. The van der Waals surface area contributed by atoms with Gasteiger partial charge in [0, 0.05) is 6.04 Å². The van der Waals surface area contributed by atoms with Crippen molar-refractivity contribution in [1.82, 2.24) is 5.32 Å². The number of sulfonamides is 1. The second-order valence-corrected chi connectivity index (χ2v) is 7.06. The topological polar surface area (TPSA) is 98.5 Å². The summed E-state index contributed by atoms with van der Waals surface area (Å²) < 4.78 is 27.9. The Morgan fingerprint density at radius 1 is 1.38 bits per heavy atom. The number of ether oxygens (including phenoxy) is 1. The highest BCUT2D eigenvalue weighted by atomic mass is 32.2. The van der Waals surface area contributed by atoms with E-state index in [4.69, 9.17) is 9.88 Å². The van der Waals surface area contributed by atoms with E-state index < -0.39 is 10.0 Å². The molecule has 0 spiro atoms. The van der Waals surface area contributed by atoms with Crippen LogP contribution in [0.25, 0.3) is 0 Å². The molecule has 2 unspecified atom stereocenters. The van der Waals surface area contributed by atoms with E-state index in [0.717, 1.165) is 19.3 Å². The summed E-state index contributed by atoms with van der Waals surface area (Å²) in [5, 5.41) is 8.02. The first-order valence-corrected chi connectivity index (χ1v) is 8.37. The Kier molecular flexibility index (Phi) is 4.53. The molecule has 2 rings (SSSR count). The summed E-state index contributed by atoms with van der Waals surface area (Å²) in [6.07, 6.45) is 2.95. The number of nitrogens with two attached hydrogens (primary N) is 1. The van der Waals surface area contributed by atoms with Crippen molar-refractivity contribution in [1.29, 1.82) is 0 Å². The first-order chi connectivity index (χ1) is 9.81. The number of hydrogen-bond acceptors (Lipinski definition) is 4. The Bertz CT molecular complexity index is 642. The molecule has 116 valence electrons. The van der Waals surface area contributed by atoms with Gasteiger partial charge in [0.15, 0.2) is 0 Å². The predicted molar refractivity (Wildman–Crippen MR) is 78.6 cm³/mol. The summed E-state index contributed by atoms with van der Waals surface area (Å²) in [6, 6.07) is 4.13. The van der Waals surface area contributed by atoms with Crippen LogP contribution in [-0.2, 0) is 10.0 Å². The van der Waals surface area contributed by atoms with Gasteiger partial charge in [-0.1, -0.05) is 6.92 Å². The maximum absolute atomic E-state index is 12.3. The van der Waals surface area contributed by atoms with E-state index in [1.54, 1.807) is 0 Å². The molecule has 3 N–H and O–H groups in total. The number of nitrogens with one attached hydrogen (secondary N) is 1. The summed E-state index contributed by atoms with van der Waals surface area (Å²) in [6.45, 7) is 2.15. The van der Waals surface area contributed by atoms with Gasteiger partial charge in [0.05, 0.1) is 17.6 Å². The predicted octanol–water partition coefficient (Wildman–Crippen LogP) is 1.26. The lowest BCUT2D eigenvalue weighted by atomic mass is 10.1. The number of amides is 1. The largest absolute Gasteiger partial charge is 0.496 e. The van der Waals surface area contributed by atoms with Crippen LogP contribution >= 0.6 is 0 Å². The number of carbonyl (C=O) groups excluding carboxylic acids is 1. The highest BCUT2D eigenvalue weighted by Crippen LogP contribution is 2.26. The van der Waals surface area contributed by atoms with Crippen LogP contribution in [0.3, 0.4) is 0 Å². The van der Waals surface area contributed by atoms with Crippen molar-refractivity contribution in [3.63, 3.8) is 0 Å². The summed E-state index contributed by atoms with van der Waals surface area (Å²) in [7, 11) is -2.42. The van der Waals surface area contributed by atoms with Crippen LogP contribution in [0.1, 0.15) is 36.5 Å². The van der Waals surface area contributed by atoms with Gasteiger partial charge in [-0.15, -0.1) is 0 Å². The van der Waals surface area contributed by atoms with E-state index in [2.05, 4.69) is 12.2 Å². The van der Waals surface area contributed by atoms with Gasteiger partial charge in [0.25, 0.3) is 5.91 Å². The van der Waals surface area contributed by atoms with E-state index in [1.165, 1.54) is 25.3 Å². The number of hydrogen-bond donors (Lipinski definition) is 2. The third kappa shape index (κ3) is 3.74. The van der Waals surface area contributed by atoms with E-state index >= 15 is 0 Å². The molecular formula is C14H20N2O4S. The van der Waals surface area contributed by atoms with Gasteiger partial charge in [-0.3, -0.25) is 4.79 Å².